The number of pyridine rings is 1. The van der Waals surface area contributed by atoms with Gasteiger partial charge in [-0.2, -0.15) is 0 Å². The maximum absolute atomic E-state index is 11.2. The van der Waals surface area contributed by atoms with E-state index in [2.05, 4.69) is 10.3 Å². The van der Waals surface area contributed by atoms with Crippen LogP contribution in [0.2, 0.25) is 0 Å². The number of para-hydroxylation sites is 1. The molecule has 0 radical (unpaired) electrons. The average Bonchev–Trinajstić information content (AvgIpc) is 2.61. The summed E-state index contributed by atoms with van der Waals surface area (Å²) in [7, 11) is 1.64. The average molecular weight is 323 g/mol. The molecule has 2 aromatic carbocycles. The van der Waals surface area contributed by atoms with Crippen LogP contribution in [0.15, 0.2) is 54.9 Å². The van der Waals surface area contributed by atoms with E-state index in [0.29, 0.717) is 5.39 Å². The van der Waals surface area contributed by atoms with Gasteiger partial charge in [-0.05, 0) is 25.1 Å². The van der Waals surface area contributed by atoms with Gasteiger partial charge in [-0.1, -0.05) is 18.2 Å². The number of benzene rings is 2. The molecule has 24 heavy (non-hydrogen) atoms. The van der Waals surface area contributed by atoms with E-state index in [1.165, 1.54) is 12.3 Å². The van der Waals surface area contributed by atoms with E-state index >= 15 is 0 Å². The number of hydrogen-bond donors (Lipinski definition) is 1. The largest absolute Gasteiger partial charge is 0.496 e. The van der Waals surface area contributed by atoms with Crippen molar-refractivity contribution in [3.63, 3.8) is 0 Å². The molecular formula is C18H17N3O3. The van der Waals surface area contributed by atoms with Crippen LogP contribution in [0, 0.1) is 10.1 Å². The summed E-state index contributed by atoms with van der Waals surface area (Å²) in [4.78, 5) is 14.8. The van der Waals surface area contributed by atoms with Crippen LogP contribution in [0.1, 0.15) is 18.5 Å². The lowest BCUT2D eigenvalue weighted by Gasteiger charge is -2.19. The van der Waals surface area contributed by atoms with Crippen LogP contribution >= 0.6 is 0 Å². The van der Waals surface area contributed by atoms with E-state index in [1.54, 1.807) is 25.4 Å². The number of fused-ring (bicyclic) bond motifs is 1. The molecule has 6 heteroatoms. The second-order valence-electron chi connectivity index (χ2n) is 5.42. The highest BCUT2D eigenvalue weighted by atomic mass is 16.6. The van der Waals surface area contributed by atoms with Gasteiger partial charge in [0.05, 0.1) is 23.5 Å². The van der Waals surface area contributed by atoms with Crippen LogP contribution in [0.25, 0.3) is 10.8 Å². The fourth-order valence-electron chi connectivity index (χ4n) is 2.80. The van der Waals surface area contributed by atoms with E-state index in [4.69, 9.17) is 4.74 Å². The predicted molar refractivity (Wildman–Crippen MR) is 93.4 cm³/mol. The molecule has 122 valence electrons. The standard InChI is InChI=1S/C18H17N3O3/c1-12(13-5-3-4-6-18(13)24-2)20-16-7-8-17(21(22)23)15-11-19-10-9-14(15)16/h3-12,20H,1-2H3. The number of nitrogens with one attached hydrogen (secondary N) is 1. The van der Waals surface area contributed by atoms with Gasteiger partial charge >= 0.3 is 0 Å². The molecule has 0 saturated heterocycles. The summed E-state index contributed by atoms with van der Waals surface area (Å²) in [6, 6.07) is 12.7. The summed E-state index contributed by atoms with van der Waals surface area (Å²) in [5, 5.41) is 15.9. The van der Waals surface area contributed by atoms with Crippen LogP contribution in [0.3, 0.4) is 0 Å². The lowest BCUT2D eigenvalue weighted by atomic mass is 10.0. The number of nitrogens with zero attached hydrogens (tertiary/aromatic N) is 2. The summed E-state index contributed by atoms with van der Waals surface area (Å²) < 4.78 is 5.40. The van der Waals surface area contributed by atoms with Gasteiger partial charge in [-0.3, -0.25) is 15.1 Å². The maximum atomic E-state index is 11.2. The number of methoxy groups -OCH3 is 1. The Bertz CT molecular complexity index is 896. The first-order valence-electron chi connectivity index (χ1n) is 7.52. The molecule has 6 nitrogen and oxygen atoms in total. The molecule has 0 spiro atoms. The number of nitro groups is 1. The molecular weight excluding hydrogens is 306 g/mol. The third-order valence-corrected chi connectivity index (χ3v) is 3.97. The van der Waals surface area contributed by atoms with Crippen LogP contribution in [0.5, 0.6) is 5.75 Å². The fourth-order valence-corrected chi connectivity index (χ4v) is 2.80. The van der Waals surface area contributed by atoms with Crippen molar-refractivity contribution in [3.8, 4) is 5.75 Å². The van der Waals surface area contributed by atoms with Crippen LogP contribution in [0.4, 0.5) is 11.4 Å². The highest BCUT2D eigenvalue weighted by Gasteiger charge is 2.17. The van der Waals surface area contributed by atoms with Crippen LogP contribution in [-0.2, 0) is 0 Å². The SMILES string of the molecule is COc1ccccc1C(C)Nc1ccc([N+](=O)[O-])c2cnccc12. The molecule has 0 aliphatic heterocycles. The minimum Gasteiger partial charge on any atom is -0.496 e. The first-order chi connectivity index (χ1) is 11.6. The highest BCUT2D eigenvalue weighted by molar-refractivity contribution is 5.99. The van der Waals surface area contributed by atoms with Crippen LogP contribution < -0.4 is 10.1 Å². The Hall–Kier alpha value is -3.15. The minimum atomic E-state index is -0.391. The Morgan fingerprint density at radius 2 is 1.96 bits per heavy atom. The summed E-state index contributed by atoms with van der Waals surface area (Å²) in [5.74, 6) is 0.797. The topological polar surface area (TPSA) is 77.3 Å². The van der Waals surface area contributed by atoms with E-state index in [9.17, 15) is 10.1 Å². The van der Waals surface area contributed by atoms with Crippen molar-refractivity contribution in [1.29, 1.82) is 0 Å². The minimum absolute atomic E-state index is 0.0287. The zero-order valence-corrected chi connectivity index (χ0v) is 13.4. The summed E-state index contributed by atoms with van der Waals surface area (Å²) >= 11 is 0. The Balaban J connectivity index is 2.02. The normalized spacial score (nSPS) is 11.9. The number of rotatable bonds is 5. The van der Waals surface area contributed by atoms with E-state index in [1.807, 2.05) is 31.2 Å². The van der Waals surface area contributed by atoms with Gasteiger partial charge in [0, 0.05) is 35.1 Å². The number of hydrogen-bond acceptors (Lipinski definition) is 5. The fraction of sp³-hybridized carbons (Fsp3) is 0.167. The molecule has 1 heterocycles. The number of aromatic nitrogens is 1. The lowest BCUT2D eigenvalue weighted by molar-refractivity contribution is -0.383. The summed E-state index contributed by atoms with van der Waals surface area (Å²) in [6.45, 7) is 2.02. The third kappa shape index (κ3) is 2.86. The van der Waals surface area contributed by atoms with Gasteiger partial charge in [-0.25, -0.2) is 0 Å². The first-order valence-corrected chi connectivity index (χ1v) is 7.52. The first kappa shape index (κ1) is 15.7. The molecule has 1 atom stereocenters. The quantitative estimate of drug-likeness (QED) is 0.559. The van der Waals surface area contributed by atoms with Crippen molar-refractivity contribution < 1.29 is 9.66 Å². The Morgan fingerprint density at radius 3 is 2.71 bits per heavy atom. The molecule has 1 N–H and O–H groups in total. The monoisotopic (exact) mass is 323 g/mol. The van der Waals surface area contributed by atoms with Gasteiger partial charge in [0.2, 0.25) is 0 Å². The van der Waals surface area contributed by atoms with Gasteiger partial charge < -0.3 is 10.1 Å². The van der Waals surface area contributed by atoms with E-state index < -0.39 is 4.92 Å². The van der Waals surface area contributed by atoms with Crippen molar-refractivity contribution in [2.45, 2.75) is 13.0 Å². The Labute approximate surface area is 139 Å². The number of ether oxygens (including phenoxy) is 1. The molecule has 0 amide bonds. The van der Waals surface area contributed by atoms with Crippen molar-refractivity contribution >= 4 is 22.1 Å². The smallest absolute Gasteiger partial charge is 0.278 e. The highest BCUT2D eigenvalue weighted by Crippen LogP contribution is 2.34. The Morgan fingerprint density at radius 1 is 1.17 bits per heavy atom. The molecule has 0 aliphatic carbocycles. The van der Waals surface area contributed by atoms with Gasteiger partial charge in [-0.15, -0.1) is 0 Å². The van der Waals surface area contributed by atoms with E-state index in [0.717, 1.165) is 22.4 Å². The molecule has 3 aromatic rings. The van der Waals surface area contributed by atoms with Crippen molar-refractivity contribution in [3.05, 3.63) is 70.5 Å². The lowest BCUT2D eigenvalue weighted by Crippen LogP contribution is -2.08. The zero-order valence-electron chi connectivity index (χ0n) is 13.4. The second-order valence-corrected chi connectivity index (χ2v) is 5.42. The van der Waals surface area contributed by atoms with Crippen LogP contribution in [-0.4, -0.2) is 17.0 Å². The third-order valence-electron chi connectivity index (χ3n) is 3.97. The van der Waals surface area contributed by atoms with E-state index in [-0.39, 0.29) is 11.7 Å². The van der Waals surface area contributed by atoms with Gasteiger partial charge in [0.25, 0.3) is 5.69 Å². The summed E-state index contributed by atoms with van der Waals surface area (Å²) in [5.41, 5.74) is 1.88. The molecule has 0 fully saturated rings. The predicted octanol–water partition coefficient (Wildman–Crippen LogP) is 4.32. The Kier molecular flexibility index (Phi) is 4.29. The molecule has 3 rings (SSSR count). The van der Waals surface area contributed by atoms with Crippen molar-refractivity contribution in [1.82, 2.24) is 4.98 Å². The van der Waals surface area contributed by atoms with Gasteiger partial charge in [0.15, 0.2) is 0 Å². The maximum Gasteiger partial charge on any atom is 0.278 e. The number of nitro benzene ring substituents is 1. The van der Waals surface area contributed by atoms with Gasteiger partial charge in [0.1, 0.15) is 5.75 Å². The zero-order chi connectivity index (χ0) is 17.1. The molecule has 0 saturated carbocycles. The molecule has 1 aromatic heterocycles. The second kappa shape index (κ2) is 6.54. The molecule has 0 aliphatic rings. The number of non-ortho nitro benzene ring substituents is 1. The number of anilines is 1. The molecule has 0 bridgehead atoms. The summed E-state index contributed by atoms with van der Waals surface area (Å²) in [6.07, 6.45) is 3.15. The van der Waals surface area contributed by atoms with Crippen molar-refractivity contribution in [2.75, 3.05) is 12.4 Å². The van der Waals surface area contributed by atoms with Crippen molar-refractivity contribution in [2.24, 2.45) is 0 Å². The molecule has 1 unspecified atom stereocenters.